The Kier molecular flexibility index (Phi) is 6.92. The molecule has 1 aromatic carbocycles. The lowest BCUT2D eigenvalue weighted by atomic mass is 10.1. The second-order valence-corrected chi connectivity index (χ2v) is 5.51. The highest BCUT2D eigenvalue weighted by atomic mass is 16.2. The van der Waals surface area contributed by atoms with E-state index < -0.39 is 0 Å². The Labute approximate surface area is 127 Å². The van der Waals surface area contributed by atoms with Crippen LogP contribution in [-0.2, 0) is 11.3 Å². The molecule has 0 saturated heterocycles. The molecule has 0 unspecified atom stereocenters. The number of rotatable bonds is 7. The Morgan fingerprint density at radius 3 is 2.48 bits per heavy atom. The Balaban J connectivity index is 2.64. The van der Waals surface area contributed by atoms with Crippen LogP contribution in [0.15, 0.2) is 24.3 Å². The van der Waals surface area contributed by atoms with Crippen LogP contribution in [0.1, 0.15) is 56.5 Å². The standard InChI is InChI=1S/C17H26N2O2/c1-5-12(3)16(20)18-11-14-8-7-9-15(10-14)17(21)19-13(4)6-2/h7-10,12-13H,5-6,11H2,1-4H3,(H,18,20)(H,19,21)/t12-,13+/m1/s1. The van der Waals surface area contributed by atoms with Crippen LogP contribution in [0.25, 0.3) is 0 Å². The second kappa shape index (κ2) is 8.45. The smallest absolute Gasteiger partial charge is 0.251 e. The first-order chi connectivity index (χ1) is 9.97. The third-order valence-corrected chi connectivity index (χ3v) is 3.71. The van der Waals surface area contributed by atoms with Gasteiger partial charge in [0.05, 0.1) is 0 Å². The van der Waals surface area contributed by atoms with Gasteiger partial charge in [-0.15, -0.1) is 0 Å². The minimum absolute atomic E-state index is 0.0156. The average Bonchev–Trinajstić information content (AvgIpc) is 2.51. The first-order valence-electron chi connectivity index (χ1n) is 7.65. The van der Waals surface area contributed by atoms with Crippen LogP contribution in [0, 0.1) is 5.92 Å². The Morgan fingerprint density at radius 2 is 1.86 bits per heavy atom. The number of amides is 2. The van der Waals surface area contributed by atoms with Crippen molar-refractivity contribution in [2.75, 3.05) is 0 Å². The zero-order valence-electron chi connectivity index (χ0n) is 13.4. The summed E-state index contributed by atoms with van der Waals surface area (Å²) >= 11 is 0. The monoisotopic (exact) mass is 290 g/mol. The maximum absolute atomic E-state index is 12.1. The third kappa shape index (κ3) is 5.58. The van der Waals surface area contributed by atoms with E-state index in [0.29, 0.717) is 12.1 Å². The van der Waals surface area contributed by atoms with Gasteiger partial charge in [-0.25, -0.2) is 0 Å². The molecule has 0 aromatic heterocycles. The van der Waals surface area contributed by atoms with E-state index in [4.69, 9.17) is 0 Å². The molecule has 0 aliphatic carbocycles. The van der Waals surface area contributed by atoms with E-state index in [9.17, 15) is 9.59 Å². The van der Waals surface area contributed by atoms with Crippen LogP contribution < -0.4 is 10.6 Å². The number of benzene rings is 1. The van der Waals surface area contributed by atoms with Crippen molar-refractivity contribution in [1.29, 1.82) is 0 Å². The molecule has 0 fully saturated rings. The van der Waals surface area contributed by atoms with Gasteiger partial charge in [0, 0.05) is 24.1 Å². The summed E-state index contributed by atoms with van der Waals surface area (Å²) in [6.07, 6.45) is 1.72. The molecule has 2 atom stereocenters. The molecule has 21 heavy (non-hydrogen) atoms. The van der Waals surface area contributed by atoms with Crippen LogP contribution in [-0.4, -0.2) is 17.9 Å². The van der Waals surface area contributed by atoms with Gasteiger partial charge in [-0.05, 0) is 37.5 Å². The van der Waals surface area contributed by atoms with E-state index in [-0.39, 0.29) is 23.8 Å². The van der Waals surface area contributed by atoms with Gasteiger partial charge < -0.3 is 10.6 Å². The Morgan fingerprint density at radius 1 is 1.14 bits per heavy atom. The summed E-state index contributed by atoms with van der Waals surface area (Å²) in [5, 5.41) is 5.84. The molecule has 0 saturated carbocycles. The van der Waals surface area contributed by atoms with E-state index in [1.165, 1.54) is 0 Å². The van der Waals surface area contributed by atoms with Crippen molar-refractivity contribution >= 4 is 11.8 Å². The predicted octanol–water partition coefficient (Wildman–Crippen LogP) is 2.88. The molecule has 0 aliphatic rings. The highest BCUT2D eigenvalue weighted by Gasteiger charge is 2.11. The molecule has 0 radical (unpaired) electrons. The molecule has 0 spiro atoms. The van der Waals surface area contributed by atoms with Gasteiger partial charge in [0.25, 0.3) is 5.91 Å². The normalized spacial score (nSPS) is 13.3. The zero-order valence-corrected chi connectivity index (χ0v) is 13.4. The van der Waals surface area contributed by atoms with Gasteiger partial charge >= 0.3 is 0 Å². The van der Waals surface area contributed by atoms with Crippen molar-refractivity contribution in [3.05, 3.63) is 35.4 Å². The fraction of sp³-hybridized carbons (Fsp3) is 0.529. The van der Waals surface area contributed by atoms with Gasteiger partial charge in [-0.2, -0.15) is 0 Å². The predicted molar refractivity (Wildman–Crippen MR) is 85.0 cm³/mol. The van der Waals surface area contributed by atoms with Crippen molar-refractivity contribution in [1.82, 2.24) is 10.6 Å². The van der Waals surface area contributed by atoms with E-state index >= 15 is 0 Å². The fourth-order valence-corrected chi connectivity index (χ4v) is 1.78. The van der Waals surface area contributed by atoms with Crippen molar-refractivity contribution in [3.63, 3.8) is 0 Å². The summed E-state index contributed by atoms with van der Waals surface area (Å²) in [6, 6.07) is 7.53. The van der Waals surface area contributed by atoms with Crippen molar-refractivity contribution in [2.45, 2.75) is 53.1 Å². The van der Waals surface area contributed by atoms with E-state index in [0.717, 1.165) is 18.4 Å². The number of hydrogen-bond acceptors (Lipinski definition) is 2. The molecule has 0 bridgehead atoms. The molecule has 0 heterocycles. The molecule has 0 aliphatic heterocycles. The first kappa shape index (κ1) is 17.2. The molecule has 116 valence electrons. The van der Waals surface area contributed by atoms with E-state index in [1.54, 1.807) is 6.07 Å². The highest BCUT2D eigenvalue weighted by Crippen LogP contribution is 2.07. The fourth-order valence-electron chi connectivity index (χ4n) is 1.78. The molecule has 1 rings (SSSR count). The molecule has 4 nitrogen and oxygen atoms in total. The molecule has 1 aromatic rings. The number of nitrogens with one attached hydrogen (secondary N) is 2. The second-order valence-electron chi connectivity index (χ2n) is 5.51. The maximum atomic E-state index is 12.1. The summed E-state index contributed by atoms with van der Waals surface area (Å²) in [7, 11) is 0. The molecular formula is C17H26N2O2. The Bertz CT molecular complexity index is 485. The van der Waals surface area contributed by atoms with Gasteiger partial charge in [0.2, 0.25) is 5.91 Å². The maximum Gasteiger partial charge on any atom is 0.251 e. The van der Waals surface area contributed by atoms with Crippen LogP contribution in [0.5, 0.6) is 0 Å². The van der Waals surface area contributed by atoms with Gasteiger partial charge in [-0.3, -0.25) is 9.59 Å². The van der Waals surface area contributed by atoms with Gasteiger partial charge in [0.15, 0.2) is 0 Å². The lowest BCUT2D eigenvalue weighted by Crippen LogP contribution is -2.32. The highest BCUT2D eigenvalue weighted by molar-refractivity contribution is 5.94. The first-order valence-corrected chi connectivity index (χ1v) is 7.65. The van der Waals surface area contributed by atoms with Crippen LogP contribution in [0.2, 0.25) is 0 Å². The summed E-state index contributed by atoms with van der Waals surface area (Å²) in [5.41, 5.74) is 1.56. The minimum Gasteiger partial charge on any atom is -0.352 e. The number of carbonyl (C=O) groups is 2. The summed E-state index contributed by atoms with van der Waals surface area (Å²) in [5.74, 6) is -0.00621. The van der Waals surface area contributed by atoms with E-state index in [1.807, 2.05) is 45.9 Å². The number of carbonyl (C=O) groups excluding carboxylic acids is 2. The summed E-state index contributed by atoms with van der Waals surface area (Å²) in [6.45, 7) is 8.36. The lowest BCUT2D eigenvalue weighted by molar-refractivity contribution is -0.124. The van der Waals surface area contributed by atoms with Crippen molar-refractivity contribution < 1.29 is 9.59 Å². The van der Waals surface area contributed by atoms with Crippen LogP contribution >= 0.6 is 0 Å². The van der Waals surface area contributed by atoms with Crippen LogP contribution in [0.4, 0.5) is 0 Å². The lowest BCUT2D eigenvalue weighted by Gasteiger charge is -2.13. The molecule has 4 heteroatoms. The minimum atomic E-state index is -0.0700. The molecule has 2 amide bonds. The number of hydrogen-bond donors (Lipinski definition) is 2. The summed E-state index contributed by atoms with van der Waals surface area (Å²) < 4.78 is 0. The van der Waals surface area contributed by atoms with Crippen LogP contribution in [0.3, 0.4) is 0 Å². The largest absolute Gasteiger partial charge is 0.352 e. The van der Waals surface area contributed by atoms with Gasteiger partial charge in [-0.1, -0.05) is 32.9 Å². The van der Waals surface area contributed by atoms with Gasteiger partial charge in [0.1, 0.15) is 0 Å². The van der Waals surface area contributed by atoms with E-state index in [2.05, 4.69) is 10.6 Å². The third-order valence-electron chi connectivity index (χ3n) is 3.71. The summed E-state index contributed by atoms with van der Waals surface area (Å²) in [4.78, 5) is 23.8. The topological polar surface area (TPSA) is 58.2 Å². The molecular weight excluding hydrogens is 264 g/mol. The quantitative estimate of drug-likeness (QED) is 0.811. The SMILES string of the molecule is CC[C@@H](C)C(=O)NCc1cccc(C(=O)N[C@@H](C)CC)c1. The van der Waals surface area contributed by atoms with Crippen molar-refractivity contribution in [3.8, 4) is 0 Å². The van der Waals surface area contributed by atoms with Crippen molar-refractivity contribution in [2.24, 2.45) is 5.92 Å². The average molecular weight is 290 g/mol. The zero-order chi connectivity index (χ0) is 15.8. The Hall–Kier alpha value is -1.84. The molecule has 2 N–H and O–H groups in total.